The minimum atomic E-state index is -1.29. The van der Waals surface area contributed by atoms with E-state index in [0.717, 1.165) is 5.56 Å². The molecule has 0 radical (unpaired) electrons. The zero-order chi connectivity index (χ0) is 24.1. The first kappa shape index (κ1) is 23.7. The normalized spacial score (nSPS) is 15.9. The summed E-state index contributed by atoms with van der Waals surface area (Å²) in [6.07, 6.45) is -0.0595. The molecule has 12 nitrogen and oxygen atoms in total. The van der Waals surface area contributed by atoms with Gasteiger partial charge in [-0.2, -0.15) is 4.98 Å². The minimum Gasteiger partial charge on any atom is -0.481 e. The molecule has 0 fully saturated rings. The molecule has 0 aliphatic carbocycles. The topological polar surface area (TPSA) is 191 Å². The molecule has 3 rings (SSSR count). The third-order valence-electron chi connectivity index (χ3n) is 5.50. The van der Waals surface area contributed by atoms with E-state index in [2.05, 4.69) is 25.5 Å². The summed E-state index contributed by atoms with van der Waals surface area (Å²) in [5.41, 5.74) is 7.06. The molecule has 2 atom stereocenters. The van der Waals surface area contributed by atoms with E-state index in [1.54, 1.807) is 24.3 Å². The fraction of sp³-hybridized carbons (Fsp3) is 0.381. The number of anilines is 2. The molecule has 1 aliphatic rings. The molecule has 1 aromatic heterocycles. The predicted octanol–water partition coefficient (Wildman–Crippen LogP) is -0.131. The van der Waals surface area contributed by atoms with Crippen LogP contribution >= 0.6 is 0 Å². The lowest BCUT2D eigenvalue weighted by atomic mass is 10.0. The van der Waals surface area contributed by atoms with Crippen LogP contribution in [0.1, 0.15) is 34.3 Å². The number of aliphatic carboxylic acids is 2. The quantitative estimate of drug-likeness (QED) is 0.295. The number of benzene rings is 1. The number of nitrogens with zero attached hydrogens (tertiary/aromatic N) is 2. The Morgan fingerprint density at radius 1 is 1.27 bits per heavy atom. The first-order valence-corrected chi connectivity index (χ1v) is 10.3. The molecule has 1 aliphatic heterocycles. The van der Waals surface area contributed by atoms with E-state index in [9.17, 15) is 24.3 Å². The van der Waals surface area contributed by atoms with Crippen LogP contribution in [0.3, 0.4) is 0 Å². The van der Waals surface area contributed by atoms with Crippen molar-refractivity contribution in [2.24, 2.45) is 0 Å². The standard InChI is InChI=1S/C21H26N6O6/c1-27(13-8-14-17(23-9-13)25-21(22)26-19(14)31)10-11-2-4-12(5-3-11)18(30)24-15(20(32)33)6-7-16(28)29/h2-5,13,15H,6-10H2,1H3,(H,24,30)(H,28,29)(H,32,33)(H4,22,23,25,26,31)/t13?,15-/m0/s1. The van der Waals surface area contributed by atoms with Gasteiger partial charge in [-0.15, -0.1) is 0 Å². The van der Waals surface area contributed by atoms with Crippen molar-refractivity contribution in [2.75, 3.05) is 24.6 Å². The van der Waals surface area contributed by atoms with Gasteiger partial charge in [0.25, 0.3) is 11.5 Å². The Balaban J connectivity index is 1.59. The molecular formula is C21H26N6O6. The number of amides is 1. The summed E-state index contributed by atoms with van der Waals surface area (Å²) >= 11 is 0. The summed E-state index contributed by atoms with van der Waals surface area (Å²) in [7, 11) is 1.93. The van der Waals surface area contributed by atoms with Crippen molar-refractivity contribution < 1.29 is 24.6 Å². The highest BCUT2D eigenvalue weighted by Crippen LogP contribution is 2.20. The lowest BCUT2D eigenvalue weighted by molar-refractivity contribution is -0.140. The zero-order valence-electron chi connectivity index (χ0n) is 18.0. The average molecular weight is 458 g/mol. The van der Waals surface area contributed by atoms with Gasteiger partial charge in [-0.05, 0) is 37.6 Å². The first-order chi connectivity index (χ1) is 15.6. The molecule has 0 saturated carbocycles. The second kappa shape index (κ2) is 10.1. The van der Waals surface area contributed by atoms with Crippen LogP contribution in [0.4, 0.5) is 11.8 Å². The molecule has 1 amide bonds. The molecule has 2 aromatic rings. The molecule has 12 heteroatoms. The summed E-state index contributed by atoms with van der Waals surface area (Å²) < 4.78 is 0. The number of nitrogens with one attached hydrogen (secondary N) is 3. The molecule has 2 heterocycles. The molecule has 7 N–H and O–H groups in total. The van der Waals surface area contributed by atoms with Crippen LogP contribution in [-0.4, -0.2) is 68.6 Å². The van der Waals surface area contributed by atoms with Crippen LogP contribution in [0.5, 0.6) is 0 Å². The van der Waals surface area contributed by atoms with Crippen molar-refractivity contribution in [3.05, 3.63) is 51.3 Å². The largest absolute Gasteiger partial charge is 0.481 e. The first-order valence-electron chi connectivity index (χ1n) is 10.3. The Labute approximate surface area is 188 Å². The summed E-state index contributed by atoms with van der Waals surface area (Å²) in [6.45, 7) is 1.15. The van der Waals surface area contributed by atoms with Crippen LogP contribution in [0.15, 0.2) is 29.1 Å². The summed E-state index contributed by atoms with van der Waals surface area (Å²) in [4.78, 5) is 55.2. The molecular weight excluding hydrogens is 432 g/mol. The van der Waals surface area contributed by atoms with Crippen LogP contribution in [0, 0.1) is 0 Å². The molecule has 176 valence electrons. The SMILES string of the molecule is CN(Cc1ccc(C(=O)N[C@@H](CCC(=O)O)C(=O)O)cc1)C1CNc2nc(N)[nH]c(=O)c2C1. The number of hydrogen-bond donors (Lipinski definition) is 6. The highest BCUT2D eigenvalue weighted by atomic mass is 16.4. The number of nitrogens with two attached hydrogens (primary N) is 1. The summed E-state index contributed by atoms with van der Waals surface area (Å²) in [6, 6.07) is 5.45. The highest BCUT2D eigenvalue weighted by molar-refractivity contribution is 5.96. The minimum absolute atomic E-state index is 0.0394. The van der Waals surface area contributed by atoms with Crippen molar-refractivity contribution >= 4 is 29.6 Å². The number of nitrogen functional groups attached to an aromatic ring is 1. The maximum atomic E-state index is 12.4. The van der Waals surface area contributed by atoms with E-state index in [4.69, 9.17) is 10.8 Å². The molecule has 0 saturated heterocycles. The predicted molar refractivity (Wildman–Crippen MR) is 119 cm³/mol. The van der Waals surface area contributed by atoms with E-state index < -0.39 is 23.9 Å². The van der Waals surface area contributed by atoms with Gasteiger partial charge < -0.3 is 26.6 Å². The number of carbonyl (C=O) groups is 3. The van der Waals surface area contributed by atoms with E-state index in [-0.39, 0.29) is 36.0 Å². The van der Waals surface area contributed by atoms with Crippen molar-refractivity contribution in [2.45, 2.75) is 37.9 Å². The smallest absolute Gasteiger partial charge is 0.326 e. The van der Waals surface area contributed by atoms with Crippen LogP contribution in [0.25, 0.3) is 0 Å². The van der Waals surface area contributed by atoms with Gasteiger partial charge in [0.1, 0.15) is 11.9 Å². The third-order valence-corrected chi connectivity index (χ3v) is 5.50. The highest BCUT2D eigenvalue weighted by Gasteiger charge is 2.26. The number of carboxylic acid groups (broad SMARTS) is 2. The zero-order valence-corrected chi connectivity index (χ0v) is 18.0. The van der Waals surface area contributed by atoms with Gasteiger partial charge in [-0.3, -0.25) is 24.3 Å². The molecule has 33 heavy (non-hydrogen) atoms. The van der Waals surface area contributed by atoms with Crippen LogP contribution in [0.2, 0.25) is 0 Å². The Morgan fingerprint density at radius 2 is 1.97 bits per heavy atom. The van der Waals surface area contributed by atoms with Gasteiger partial charge in [0.15, 0.2) is 0 Å². The Morgan fingerprint density at radius 3 is 2.61 bits per heavy atom. The third kappa shape index (κ3) is 6.07. The number of hydrogen-bond acceptors (Lipinski definition) is 8. The number of aromatic nitrogens is 2. The molecule has 0 spiro atoms. The second-order valence-corrected chi connectivity index (χ2v) is 7.93. The summed E-state index contributed by atoms with van der Waals surface area (Å²) in [5, 5.41) is 23.4. The van der Waals surface area contributed by atoms with E-state index in [0.29, 0.717) is 30.9 Å². The van der Waals surface area contributed by atoms with Gasteiger partial charge in [0.05, 0.1) is 5.56 Å². The van der Waals surface area contributed by atoms with Crippen molar-refractivity contribution in [3.63, 3.8) is 0 Å². The Hall–Kier alpha value is -3.93. The van der Waals surface area contributed by atoms with Gasteiger partial charge in [0, 0.05) is 31.1 Å². The number of H-pyrrole nitrogens is 1. The van der Waals surface area contributed by atoms with Crippen LogP contribution < -0.4 is 21.9 Å². The molecule has 1 unspecified atom stereocenters. The van der Waals surface area contributed by atoms with Crippen molar-refractivity contribution in [1.29, 1.82) is 0 Å². The van der Waals surface area contributed by atoms with Gasteiger partial charge in [-0.25, -0.2) is 4.79 Å². The Kier molecular flexibility index (Phi) is 7.28. The fourth-order valence-electron chi connectivity index (χ4n) is 3.63. The van der Waals surface area contributed by atoms with E-state index in [1.807, 2.05) is 7.05 Å². The van der Waals surface area contributed by atoms with Gasteiger partial charge >= 0.3 is 11.9 Å². The van der Waals surface area contributed by atoms with Crippen molar-refractivity contribution in [3.8, 4) is 0 Å². The maximum absolute atomic E-state index is 12.4. The number of aromatic amines is 1. The monoisotopic (exact) mass is 458 g/mol. The lowest BCUT2D eigenvalue weighted by Crippen LogP contribution is -2.43. The van der Waals surface area contributed by atoms with E-state index in [1.165, 1.54) is 0 Å². The van der Waals surface area contributed by atoms with Gasteiger partial charge in [-0.1, -0.05) is 12.1 Å². The molecule has 1 aromatic carbocycles. The lowest BCUT2D eigenvalue weighted by Gasteiger charge is -2.32. The van der Waals surface area contributed by atoms with Crippen molar-refractivity contribution in [1.82, 2.24) is 20.2 Å². The maximum Gasteiger partial charge on any atom is 0.326 e. The van der Waals surface area contributed by atoms with Gasteiger partial charge in [0.2, 0.25) is 5.95 Å². The molecule has 0 bridgehead atoms. The Bertz CT molecular complexity index is 1100. The number of fused-ring (bicyclic) bond motifs is 1. The number of likely N-dealkylation sites (N-methyl/N-ethyl adjacent to an activating group) is 1. The summed E-state index contributed by atoms with van der Waals surface area (Å²) in [5.74, 6) is -2.45. The number of rotatable bonds is 9. The second-order valence-electron chi connectivity index (χ2n) is 7.93. The number of carboxylic acids is 2. The van der Waals surface area contributed by atoms with Crippen LogP contribution in [-0.2, 0) is 22.6 Å². The number of carbonyl (C=O) groups excluding carboxylic acids is 1. The van der Waals surface area contributed by atoms with E-state index >= 15 is 0 Å². The fourth-order valence-corrected chi connectivity index (χ4v) is 3.63. The average Bonchev–Trinajstić information content (AvgIpc) is 2.76.